The molecule has 0 aromatic heterocycles. The minimum absolute atomic E-state index is 0.00556. The zero-order chi connectivity index (χ0) is 6.57. The minimum atomic E-state index is -0.00556. The molecule has 6 nitrogen and oxygen atoms in total. The lowest BCUT2D eigenvalue weighted by molar-refractivity contribution is -0.188. The van der Waals surface area contributed by atoms with Gasteiger partial charge < -0.3 is 27.4 Å². The number of hydrogen-bond donors (Lipinski definition) is 2. The fraction of sp³-hybridized carbons (Fsp3) is 1.00. The predicted molar refractivity (Wildman–Crippen MR) is 28.1 cm³/mol. The summed E-state index contributed by atoms with van der Waals surface area (Å²) in [7, 11) is 1.27. The van der Waals surface area contributed by atoms with Crippen LogP contribution in [0.2, 0.25) is 0 Å². The summed E-state index contributed by atoms with van der Waals surface area (Å²) in [5.74, 6) is 6.69. The van der Waals surface area contributed by atoms with E-state index in [2.05, 4.69) is 5.43 Å². The van der Waals surface area contributed by atoms with Crippen LogP contribution in [0.15, 0.2) is 0 Å². The second-order valence-corrected chi connectivity index (χ2v) is 1.10. The van der Waals surface area contributed by atoms with Crippen molar-refractivity contribution in [2.45, 2.75) is 0 Å². The number of hydroxylamine groups is 1. The molecule has 0 spiro atoms. The van der Waals surface area contributed by atoms with Crippen LogP contribution in [0.5, 0.6) is 0 Å². The van der Waals surface area contributed by atoms with Crippen LogP contribution in [0.25, 0.3) is 11.3 Å². The molecule has 0 fully saturated rings. The SMILES string of the molecule is CN(O)N([NH-])[N-]CN. The highest BCUT2D eigenvalue weighted by Crippen LogP contribution is 1.94. The van der Waals surface area contributed by atoms with Gasteiger partial charge in [0.25, 0.3) is 0 Å². The molecule has 0 saturated heterocycles. The van der Waals surface area contributed by atoms with Gasteiger partial charge in [0.2, 0.25) is 0 Å². The molecule has 0 heterocycles. The largest absolute Gasteiger partial charge is 0.612 e. The van der Waals surface area contributed by atoms with E-state index in [4.69, 9.17) is 16.8 Å². The second-order valence-electron chi connectivity index (χ2n) is 1.10. The maximum absolute atomic E-state index is 8.37. The van der Waals surface area contributed by atoms with E-state index in [-0.39, 0.29) is 6.67 Å². The van der Waals surface area contributed by atoms with Crippen molar-refractivity contribution in [1.29, 1.82) is 0 Å². The molecule has 0 unspecified atom stereocenters. The maximum Gasteiger partial charge on any atom is 0.0255 e. The Kier molecular flexibility index (Phi) is 3.61. The van der Waals surface area contributed by atoms with Gasteiger partial charge in [-0.3, -0.25) is 0 Å². The average Bonchev–Trinajstić information content (AvgIpc) is 1.67. The molecular formula is C2H9N5O-2. The van der Waals surface area contributed by atoms with E-state index in [1.165, 1.54) is 7.05 Å². The molecule has 50 valence electrons. The van der Waals surface area contributed by atoms with Crippen LogP contribution in [0.3, 0.4) is 0 Å². The number of hydrazine groups is 1. The Hall–Kier alpha value is -0.240. The van der Waals surface area contributed by atoms with E-state index >= 15 is 0 Å². The zero-order valence-corrected chi connectivity index (χ0v) is 4.57. The number of nitrogens with one attached hydrogen (secondary N) is 1. The zero-order valence-electron chi connectivity index (χ0n) is 4.57. The quantitative estimate of drug-likeness (QED) is 0.499. The molecule has 0 bridgehead atoms. The third kappa shape index (κ3) is 2.86. The van der Waals surface area contributed by atoms with Gasteiger partial charge in [0.1, 0.15) is 0 Å². The summed E-state index contributed by atoms with van der Waals surface area (Å²) in [6, 6.07) is 0. The summed E-state index contributed by atoms with van der Waals surface area (Å²) in [6.07, 6.45) is 0. The van der Waals surface area contributed by atoms with Crippen LogP contribution in [-0.4, -0.2) is 29.3 Å². The monoisotopic (exact) mass is 119 g/mol. The molecule has 4 N–H and O–H groups in total. The number of hydrogen-bond acceptors (Lipinski definition) is 4. The van der Waals surface area contributed by atoms with Crippen molar-refractivity contribution in [3.8, 4) is 0 Å². The highest BCUT2D eigenvalue weighted by Gasteiger charge is 1.77. The van der Waals surface area contributed by atoms with E-state index in [0.717, 1.165) is 0 Å². The van der Waals surface area contributed by atoms with Crippen molar-refractivity contribution >= 4 is 0 Å². The normalized spacial score (nSPS) is 11.2. The van der Waals surface area contributed by atoms with Crippen molar-refractivity contribution in [1.82, 2.24) is 10.4 Å². The third-order valence-electron chi connectivity index (χ3n) is 0.490. The first kappa shape index (κ1) is 7.76. The Morgan fingerprint density at radius 2 is 2.38 bits per heavy atom. The number of nitrogens with zero attached hydrogens (tertiary/aromatic N) is 3. The molecule has 0 atom stereocenters. The van der Waals surface area contributed by atoms with Crippen molar-refractivity contribution in [3.63, 3.8) is 0 Å². The van der Waals surface area contributed by atoms with Gasteiger partial charge >= 0.3 is 0 Å². The van der Waals surface area contributed by atoms with Crippen molar-refractivity contribution in [2.24, 2.45) is 5.73 Å². The topological polar surface area (TPSA) is 90.6 Å². The Bertz CT molecular complexity index is 56.4. The molecule has 0 aliphatic rings. The van der Waals surface area contributed by atoms with E-state index in [9.17, 15) is 0 Å². The summed E-state index contributed by atoms with van der Waals surface area (Å²) >= 11 is 0. The van der Waals surface area contributed by atoms with Crippen LogP contribution < -0.4 is 5.73 Å². The summed E-state index contributed by atoms with van der Waals surface area (Å²) in [5, 5.41) is 9.37. The Balaban J connectivity index is 3.17. The van der Waals surface area contributed by atoms with Crippen LogP contribution in [0.1, 0.15) is 0 Å². The first-order valence-electron chi connectivity index (χ1n) is 2.00. The molecule has 0 aromatic rings. The van der Waals surface area contributed by atoms with Crippen LogP contribution in [-0.2, 0) is 0 Å². The predicted octanol–water partition coefficient (Wildman–Crippen LogP) is -0.304. The van der Waals surface area contributed by atoms with Gasteiger partial charge in [-0.15, -0.1) is 0 Å². The van der Waals surface area contributed by atoms with Crippen LogP contribution in [0, 0.1) is 0 Å². The van der Waals surface area contributed by atoms with Gasteiger partial charge in [0.05, 0.1) is 0 Å². The fourth-order valence-corrected chi connectivity index (χ4v) is 0.169. The summed E-state index contributed by atoms with van der Waals surface area (Å²) in [5.41, 5.74) is 8.18. The molecule has 0 radical (unpaired) electrons. The Labute approximate surface area is 47.5 Å². The molecule has 0 saturated carbocycles. The van der Waals surface area contributed by atoms with E-state index in [1.54, 1.807) is 0 Å². The molecule has 8 heavy (non-hydrogen) atoms. The molecule has 0 rings (SSSR count). The van der Waals surface area contributed by atoms with Crippen molar-refractivity contribution in [2.75, 3.05) is 13.7 Å². The van der Waals surface area contributed by atoms with Gasteiger partial charge in [-0.2, -0.15) is 5.17 Å². The highest BCUT2D eigenvalue weighted by molar-refractivity contribution is 4.67. The van der Waals surface area contributed by atoms with E-state index < -0.39 is 0 Å². The molecule has 6 heteroatoms. The smallest absolute Gasteiger partial charge is 0.0255 e. The lowest BCUT2D eigenvalue weighted by Gasteiger charge is -2.44. The number of nitrogens with two attached hydrogens (primary N) is 1. The maximum atomic E-state index is 8.37. The first-order valence-corrected chi connectivity index (χ1v) is 2.00. The van der Waals surface area contributed by atoms with Crippen molar-refractivity contribution < 1.29 is 5.21 Å². The van der Waals surface area contributed by atoms with E-state index in [1.807, 2.05) is 0 Å². The number of rotatable bonds is 3. The molecular weight excluding hydrogens is 110 g/mol. The minimum Gasteiger partial charge on any atom is -0.612 e. The van der Waals surface area contributed by atoms with E-state index in [0.29, 0.717) is 10.4 Å². The summed E-state index contributed by atoms with van der Waals surface area (Å²) in [6.45, 7) is -0.00556. The molecule has 0 aliphatic carbocycles. The fourth-order valence-electron chi connectivity index (χ4n) is 0.169. The standard InChI is InChI=1S/C2H9N5O/c1-6(8)7(4)5-2-3/h4,8H,2-3H2,1H3/q-2. The van der Waals surface area contributed by atoms with Gasteiger partial charge in [0.15, 0.2) is 0 Å². The third-order valence-corrected chi connectivity index (χ3v) is 0.490. The van der Waals surface area contributed by atoms with Crippen molar-refractivity contribution in [3.05, 3.63) is 11.3 Å². The lowest BCUT2D eigenvalue weighted by Crippen LogP contribution is -2.28. The summed E-state index contributed by atoms with van der Waals surface area (Å²) in [4.78, 5) is 0. The van der Waals surface area contributed by atoms with Gasteiger partial charge in [-0.25, -0.2) is 0 Å². The highest BCUT2D eigenvalue weighted by atomic mass is 16.6. The van der Waals surface area contributed by atoms with Crippen LogP contribution >= 0.6 is 0 Å². The lowest BCUT2D eigenvalue weighted by atomic mass is 11.2. The summed E-state index contributed by atoms with van der Waals surface area (Å²) < 4.78 is 0. The second kappa shape index (κ2) is 3.72. The van der Waals surface area contributed by atoms with Gasteiger partial charge in [-0.05, 0) is 0 Å². The Morgan fingerprint density at radius 1 is 1.88 bits per heavy atom. The molecule has 0 aliphatic heterocycles. The molecule has 0 aromatic carbocycles. The average molecular weight is 119 g/mol. The molecule has 0 amide bonds. The first-order chi connectivity index (χ1) is 3.68. The van der Waals surface area contributed by atoms with Gasteiger partial charge in [0, 0.05) is 7.05 Å². The van der Waals surface area contributed by atoms with Gasteiger partial charge in [-0.1, -0.05) is 6.67 Å². The Morgan fingerprint density at radius 3 is 2.50 bits per heavy atom. The van der Waals surface area contributed by atoms with Crippen LogP contribution in [0.4, 0.5) is 0 Å².